The van der Waals surface area contributed by atoms with Gasteiger partial charge in [0.2, 0.25) is 5.91 Å². The Balaban J connectivity index is 0.00000288. The Morgan fingerprint density at radius 1 is 1.46 bits per heavy atom. The number of carbonyl (C=O) groups is 1. The third-order valence-corrected chi connectivity index (χ3v) is 4.08. The molecule has 1 unspecified atom stereocenters. The second kappa shape index (κ2) is 8.69. The van der Waals surface area contributed by atoms with Crippen molar-refractivity contribution in [2.75, 3.05) is 13.1 Å². The van der Waals surface area contributed by atoms with Crippen LogP contribution < -0.4 is 10.6 Å². The summed E-state index contributed by atoms with van der Waals surface area (Å²) in [5, 5.41) is 15.0. The highest BCUT2D eigenvalue weighted by molar-refractivity contribution is 5.85. The quantitative estimate of drug-likeness (QED) is 0.750. The molecule has 0 spiro atoms. The highest BCUT2D eigenvalue weighted by Gasteiger charge is 2.31. The van der Waals surface area contributed by atoms with E-state index in [4.69, 9.17) is 0 Å². The molecule has 1 aromatic rings. The molecule has 8 heteroatoms. The SMILES string of the molecule is CC(CCNC(=O)[C@H]1C[C@H](O)CN1)c1cccc(C(F)(F)F)c1.Cl. The number of alkyl halides is 3. The van der Waals surface area contributed by atoms with Crippen molar-refractivity contribution in [2.45, 2.75) is 44.0 Å². The molecular formula is C16H22ClF3N2O2. The van der Waals surface area contributed by atoms with Crippen LogP contribution in [0.1, 0.15) is 36.8 Å². The minimum absolute atomic E-state index is 0. The first-order valence-electron chi connectivity index (χ1n) is 7.63. The van der Waals surface area contributed by atoms with Crippen molar-refractivity contribution in [3.8, 4) is 0 Å². The maximum atomic E-state index is 12.7. The van der Waals surface area contributed by atoms with E-state index in [1.807, 2.05) is 6.92 Å². The molecule has 4 nitrogen and oxygen atoms in total. The molecule has 1 amide bonds. The van der Waals surface area contributed by atoms with Crippen LogP contribution >= 0.6 is 12.4 Å². The van der Waals surface area contributed by atoms with Gasteiger partial charge in [0, 0.05) is 13.1 Å². The van der Waals surface area contributed by atoms with Gasteiger partial charge in [-0.1, -0.05) is 25.1 Å². The van der Waals surface area contributed by atoms with Gasteiger partial charge in [-0.25, -0.2) is 0 Å². The molecule has 0 aliphatic carbocycles. The van der Waals surface area contributed by atoms with E-state index in [9.17, 15) is 23.1 Å². The van der Waals surface area contributed by atoms with E-state index in [-0.39, 0.29) is 24.2 Å². The van der Waals surface area contributed by atoms with E-state index in [0.717, 1.165) is 12.1 Å². The molecule has 1 saturated heterocycles. The molecule has 2 rings (SSSR count). The number of benzene rings is 1. The van der Waals surface area contributed by atoms with Gasteiger partial charge < -0.3 is 15.7 Å². The van der Waals surface area contributed by atoms with Crippen molar-refractivity contribution in [3.05, 3.63) is 35.4 Å². The van der Waals surface area contributed by atoms with Crippen molar-refractivity contribution in [3.63, 3.8) is 0 Å². The summed E-state index contributed by atoms with van der Waals surface area (Å²) < 4.78 is 38.1. The average molecular weight is 367 g/mol. The predicted octanol–water partition coefficient (Wildman–Crippen LogP) is 2.46. The van der Waals surface area contributed by atoms with Gasteiger partial charge in [-0.3, -0.25) is 4.79 Å². The van der Waals surface area contributed by atoms with Gasteiger partial charge in [0.15, 0.2) is 0 Å². The van der Waals surface area contributed by atoms with Crippen molar-refractivity contribution in [2.24, 2.45) is 0 Å². The standard InChI is InChI=1S/C16H21F3N2O2.ClH/c1-10(11-3-2-4-12(7-11)16(17,18)19)5-6-20-15(23)14-8-13(22)9-21-14;/h2-4,7,10,13-14,21-22H,5-6,8-9H2,1H3,(H,20,23);1H/t10?,13-,14+;/m0./s1. The fraction of sp³-hybridized carbons (Fsp3) is 0.562. The minimum Gasteiger partial charge on any atom is -0.392 e. The van der Waals surface area contributed by atoms with Crippen LogP contribution in [0.15, 0.2) is 24.3 Å². The molecule has 0 saturated carbocycles. The van der Waals surface area contributed by atoms with Crippen LogP contribution in [0.2, 0.25) is 0 Å². The van der Waals surface area contributed by atoms with Crippen LogP contribution in [0.25, 0.3) is 0 Å². The third-order valence-electron chi connectivity index (χ3n) is 4.08. The van der Waals surface area contributed by atoms with Gasteiger partial charge in [-0.15, -0.1) is 12.4 Å². The van der Waals surface area contributed by atoms with Crippen LogP contribution in [0.5, 0.6) is 0 Å². The highest BCUT2D eigenvalue weighted by atomic mass is 35.5. The summed E-state index contributed by atoms with van der Waals surface area (Å²) >= 11 is 0. The Morgan fingerprint density at radius 3 is 2.75 bits per heavy atom. The summed E-state index contributed by atoms with van der Waals surface area (Å²) in [6.07, 6.45) is -3.93. The summed E-state index contributed by atoms with van der Waals surface area (Å²) in [7, 11) is 0. The van der Waals surface area contributed by atoms with Crippen LogP contribution in [-0.2, 0) is 11.0 Å². The lowest BCUT2D eigenvalue weighted by molar-refractivity contribution is -0.137. The molecule has 24 heavy (non-hydrogen) atoms. The molecule has 1 heterocycles. The molecule has 1 aromatic carbocycles. The highest BCUT2D eigenvalue weighted by Crippen LogP contribution is 2.31. The average Bonchev–Trinajstić information content (AvgIpc) is 2.93. The first kappa shape index (κ1) is 20.7. The number of nitrogens with one attached hydrogen (secondary N) is 2. The van der Waals surface area contributed by atoms with Gasteiger partial charge in [-0.2, -0.15) is 13.2 Å². The monoisotopic (exact) mass is 366 g/mol. The molecule has 0 bridgehead atoms. The molecule has 136 valence electrons. The molecule has 3 atom stereocenters. The number of β-amino-alcohol motifs (C(OH)–C–C–N with tert-alkyl or cyclic N) is 1. The number of carbonyl (C=O) groups excluding carboxylic acids is 1. The number of halogens is 4. The lowest BCUT2D eigenvalue weighted by Crippen LogP contribution is -2.40. The van der Waals surface area contributed by atoms with Gasteiger partial charge >= 0.3 is 6.18 Å². The van der Waals surface area contributed by atoms with Crippen molar-refractivity contribution < 1.29 is 23.1 Å². The number of aliphatic hydroxyl groups is 1. The Kier molecular flexibility index (Phi) is 7.51. The Hall–Kier alpha value is -1.31. The molecule has 3 N–H and O–H groups in total. The van der Waals surface area contributed by atoms with Gasteiger partial charge in [0.1, 0.15) is 0 Å². The van der Waals surface area contributed by atoms with Crippen molar-refractivity contribution in [1.82, 2.24) is 10.6 Å². The number of aliphatic hydroxyl groups excluding tert-OH is 1. The predicted molar refractivity (Wildman–Crippen MR) is 87.1 cm³/mol. The molecule has 1 aliphatic heterocycles. The van der Waals surface area contributed by atoms with E-state index in [2.05, 4.69) is 10.6 Å². The second-order valence-corrected chi connectivity index (χ2v) is 5.95. The van der Waals surface area contributed by atoms with Gasteiger partial charge in [-0.05, 0) is 30.4 Å². The van der Waals surface area contributed by atoms with E-state index >= 15 is 0 Å². The molecular weight excluding hydrogens is 345 g/mol. The van der Waals surface area contributed by atoms with Crippen LogP contribution in [-0.4, -0.2) is 36.2 Å². The van der Waals surface area contributed by atoms with Crippen LogP contribution in [0, 0.1) is 0 Å². The minimum atomic E-state index is -4.35. The topological polar surface area (TPSA) is 61.4 Å². The fourth-order valence-corrected chi connectivity index (χ4v) is 2.64. The Bertz CT molecular complexity index is 554. The first-order chi connectivity index (χ1) is 10.8. The zero-order valence-electron chi connectivity index (χ0n) is 13.3. The summed E-state index contributed by atoms with van der Waals surface area (Å²) in [4.78, 5) is 11.9. The van der Waals surface area contributed by atoms with E-state index < -0.39 is 23.9 Å². The summed E-state index contributed by atoms with van der Waals surface area (Å²) in [6.45, 7) is 2.61. The number of hydrogen-bond acceptors (Lipinski definition) is 3. The largest absolute Gasteiger partial charge is 0.416 e. The Labute approximate surface area is 145 Å². The Morgan fingerprint density at radius 2 is 2.17 bits per heavy atom. The third kappa shape index (κ3) is 5.65. The van der Waals surface area contributed by atoms with Gasteiger partial charge in [0.25, 0.3) is 0 Å². The van der Waals surface area contributed by atoms with Crippen molar-refractivity contribution in [1.29, 1.82) is 0 Å². The molecule has 1 fully saturated rings. The van der Waals surface area contributed by atoms with Crippen LogP contribution in [0.4, 0.5) is 13.2 Å². The van der Waals surface area contributed by atoms with E-state index in [1.165, 1.54) is 6.07 Å². The number of amides is 1. The fourth-order valence-electron chi connectivity index (χ4n) is 2.64. The zero-order chi connectivity index (χ0) is 17.0. The lowest BCUT2D eigenvalue weighted by atomic mass is 9.96. The summed E-state index contributed by atoms with van der Waals surface area (Å²) in [6, 6.07) is 4.87. The number of hydrogen-bond donors (Lipinski definition) is 3. The van der Waals surface area contributed by atoms with Crippen LogP contribution in [0.3, 0.4) is 0 Å². The molecule has 1 aliphatic rings. The summed E-state index contributed by atoms with van der Waals surface area (Å²) in [5.74, 6) is -0.280. The maximum Gasteiger partial charge on any atom is 0.416 e. The lowest BCUT2D eigenvalue weighted by Gasteiger charge is -2.16. The smallest absolute Gasteiger partial charge is 0.392 e. The second-order valence-electron chi connectivity index (χ2n) is 5.95. The number of rotatable bonds is 5. The van der Waals surface area contributed by atoms with E-state index in [0.29, 0.717) is 31.5 Å². The molecule has 0 aromatic heterocycles. The normalized spacial score (nSPS) is 21.9. The van der Waals surface area contributed by atoms with E-state index in [1.54, 1.807) is 6.07 Å². The first-order valence-corrected chi connectivity index (χ1v) is 7.63. The van der Waals surface area contributed by atoms with Gasteiger partial charge in [0.05, 0.1) is 17.7 Å². The van der Waals surface area contributed by atoms with Crippen molar-refractivity contribution >= 4 is 18.3 Å². The summed E-state index contributed by atoms with van der Waals surface area (Å²) in [5.41, 5.74) is -0.0569. The molecule has 0 radical (unpaired) electrons. The zero-order valence-corrected chi connectivity index (χ0v) is 14.1. The maximum absolute atomic E-state index is 12.7.